The van der Waals surface area contributed by atoms with E-state index in [2.05, 4.69) is 20.6 Å². The third-order valence-corrected chi connectivity index (χ3v) is 4.35. The molecule has 150 valence electrons. The van der Waals surface area contributed by atoms with Gasteiger partial charge in [0, 0.05) is 30.2 Å². The molecular weight excluding hydrogens is 414 g/mol. The van der Waals surface area contributed by atoms with Crippen molar-refractivity contribution in [3.05, 3.63) is 83.6 Å². The maximum absolute atomic E-state index is 14.4. The van der Waals surface area contributed by atoms with Gasteiger partial charge in [-0.2, -0.15) is 0 Å². The van der Waals surface area contributed by atoms with E-state index in [4.69, 9.17) is 16.3 Å². The summed E-state index contributed by atoms with van der Waals surface area (Å²) >= 11 is 5.60. The quantitative estimate of drug-likeness (QED) is 0.419. The molecule has 2 N–H and O–H groups in total. The number of rotatable bonds is 4. The number of hydrogen-bond acceptors (Lipinski definition) is 4. The van der Waals surface area contributed by atoms with Gasteiger partial charge in [-0.05, 0) is 42.5 Å². The largest absolute Gasteiger partial charge is 0.457 e. The molecule has 1 aromatic heterocycles. The SMILES string of the molecule is O=C(Nc1ccc(Cl)c(F)c1)Nc1ccc(Oc2ccc3nccnc3c2)cc1F. The lowest BCUT2D eigenvalue weighted by Crippen LogP contribution is -2.20. The molecular formula is C21H13ClF2N4O2. The Bertz CT molecular complexity index is 1250. The zero-order valence-corrected chi connectivity index (χ0v) is 16.0. The van der Waals surface area contributed by atoms with Gasteiger partial charge >= 0.3 is 6.03 Å². The molecule has 0 aliphatic carbocycles. The monoisotopic (exact) mass is 426 g/mol. The molecule has 0 radical (unpaired) electrons. The summed E-state index contributed by atoms with van der Waals surface area (Å²) in [6.07, 6.45) is 3.15. The smallest absolute Gasteiger partial charge is 0.323 e. The number of fused-ring (bicyclic) bond motifs is 1. The lowest BCUT2D eigenvalue weighted by atomic mass is 10.2. The number of hydrogen-bond donors (Lipinski definition) is 2. The van der Waals surface area contributed by atoms with Crippen molar-refractivity contribution in [1.82, 2.24) is 9.97 Å². The molecule has 2 amide bonds. The molecule has 0 saturated carbocycles. The first kappa shape index (κ1) is 19.5. The van der Waals surface area contributed by atoms with Gasteiger partial charge < -0.3 is 15.4 Å². The molecule has 0 aliphatic heterocycles. The van der Waals surface area contributed by atoms with Crippen LogP contribution in [-0.4, -0.2) is 16.0 Å². The molecule has 4 aromatic rings. The van der Waals surface area contributed by atoms with Crippen LogP contribution < -0.4 is 15.4 Å². The topological polar surface area (TPSA) is 76.1 Å². The van der Waals surface area contributed by atoms with Gasteiger partial charge in [0.15, 0.2) is 0 Å². The highest BCUT2D eigenvalue weighted by Gasteiger charge is 2.10. The van der Waals surface area contributed by atoms with E-state index in [1.54, 1.807) is 30.6 Å². The van der Waals surface area contributed by atoms with E-state index in [1.165, 1.54) is 24.3 Å². The predicted octanol–water partition coefficient (Wildman–Crippen LogP) is 6.00. The van der Waals surface area contributed by atoms with Crippen molar-refractivity contribution < 1.29 is 18.3 Å². The Morgan fingerprint density at radius 2 is 1.57 bits per heavy atom. The lowest BCUT2D eigenvalue weighted by Gasteiger charge is -2.11. The van der Waals surface area contributed by atoms with Crippen LogP contribution in [0.4, 0.5) is 25.0 Å². The standard InChI is InChI=1S/C21H13ClF2N4O2/c22-15-4-1-12(9-16(15)23)27-21(29)28-18-5-2-13(10-17(18)24)30-14-3-6-19-20(11-14)26-8-7-25-19/h1-11H,(H2,27,28,29). The Labute approximate surface area is 174 Å². The van der Waals surface area contributed by atoms with Crippen LogP contribution in [0.5, 0.6) is 11.5 Å². The van der Waals surface area contributed by atoms with E-state index in [0.717, 1.165) is 12.1 Å². The van der Waals surface area contributed by atoms with Crippen LogP contribution in [0.3, 0.4) is 0 Å². The van der Waals surface area contributed by atoms with E-state index in [-0.39, 0.29) is 22.1 Å². The Morgan fingerprint density at radius 3 is 2.33 bits per heavy atom. The van der Waals surface area contributed by atoms with Crippen LogP contribution in [0.2, 0.25) is 5.02 Å². The van der Waals surface area contributed by atoms with Crippen molar-refractivity contribution in [2.24, 2.45) is 0 Å². The number of nitrogens with one attached hydrogen (secondary N) is 2. The van der Waals surface area contributed by atoms with Gasteiger partial charge in [0.1, 0.15) is 23.1 Å². The molecule has 3 aromatic carbocycles. The van der Waals surface area contributed by atoms with Crippen molar-refractivity contribution in [2.45, 2.75) is 0 Å². The maximum atomic E-state index is 14.4. The number of nitrogens with zero attached hydrogens (tertiary/aromatic N) is 2. The van der Waals surface area contributed by atoms with Gasteiger partial charge in [0.05, 0.1) is 21.7 Å². The van der Waals surface area contributed by atoms with Crippen LogP contribution >= 0.6 is 11.6 Å². The van der Waals surface area contributed by atoms with Gasteiger partial charge in [0.2, 0.25) is 0 Å². The summed E-state index contributed by atoms with van der Waals surface area (Å²) in [4.78, 5) is 20.4. The molecule has 0 atom stereocenters. The number of amides is 2. The Balaban J connectivity index is 1.44. The number of carbonyl (C=O) groups excluding carboxylic acids is 1. The second-order valence-corrected chi connectivity index (χ2v) is 6.57. The normalized spacial score (nSPS) is 10.6. The number of ether oxygens (including phenoxy) is 1. The average molecular weight is 427 g/mol. The second-order valence-electron chi connectivity index (χ2n) is 6.16. The summed E-state index contributed by atoms with van der Waals surface area (Å²) in [6, 6.07) is 12.2. The Kier molecular flexibility index (Phi) is 5.40. The molecule has 0 spiro atoms. The molecule has 30 heavy (non-hydrogen) atoms. The van der Waals surface area contributed by atoms with Gasteiger partial charge in [-0.1, -0.05) is 11.6 Å². The minimum absolute atomic E-state index is 0.0685. The van der Waals surface area contributed by atoms with Crippen LogP contribution in [0, 0.1) is 11.6 Å². The summed E-state index contributed by atoms with van der Waals surface area (Å²) in [6.45, 7) is 0. The molecule has 1 heterocycles. The molecule has 6 nitrogen and oxygen atoms in total. The van der Waals surface area contributed by atoms with Gasteiger partial charge in [0.25, 0.3) is 0 Å². The number of aromatic nitrogens is 2. The van der Waals surface area contributed by atoms with E-state index in [0.29, 0.717) is 16.8 Å². The van der Waals surface area contributed by atoms with Gasteiger partial charge in [-0.15, -0.1) is 0 Å². The van der Waals surface area contributed by atoms with Crippen LogP contribution in [0.25, 0.3) is 11.0 Å². The third kappa shape index (κ3) is 4.44. The first-order valence-corrected chi connectivity index (χ1v) is 9.07. The van der Waals surface area contributed by atoms with Crippen LogP contribution in [0.1, 0.15) is 0 Å². The van der Waals surface area contributed by atoms with E-state index in [9.17, 15) is 13.6 Å². The Morgan fingerprint density at radius 1 is 0.833 bits per heavy atom. The van der Waals surface area contributed by atoms with Gasteiger partial charge in [-0.3, -0.25) is 9.97 Å². The zero-order chi connectivity index (χ0) is 21.1. The zero-order valence-electron chi connectivity index (χ0n) is 15.2. The van der Waals surface area contributed by atoms with Crippen molar-refractivity contribution in [2.75, 3.05) is 10.6 Å². The van der Waals surface area contributed by atoms with E-state index >= 15 is 0 Å². The highest BCUT2D eigenvalue weighted by Crippen LogP contribution is 2.27. The molecule has 0 bridgehead atoms. The average Bonchev–Trinajstić information content (AvgIpc) is 2.73. The summed E-state index contributed by atoms with van der Waals surface area (Å²) in [7, 11) is 0. The predicted molar refractivity (Wildman–Crippen MR) is 110 cm³/mol. The molecule has 0 fully saturated rings. The summed E-state index contributed by atoms with van der Waals surface area (Å²) in [5, 5.41) is 4.68. The number of halogens is 3. The molecule has 0 aliphatic rings. The number of urea groups is 1. The molecule has 4 rings (SSSR count). The maximum Gasteiger partial charge on any atom is 0.323 e. The van der Waals surface area contributed by atoms with Crippen LogP contribution in [-0.2, 0) is 0 Å². The highest BCUT2D eigenvalue weighted by molar-refractivity contribution is 6.30. The number of carbonyl (C=O) groups is 1. The lowest BCUT2D eigenvalue weighted by molar-refractivity contribution is 0.262. The fourth-order valence-electron chi connectivity index (χ4n) is 2.66. The number of benzene rings is 3. The van der Waals surface area contributed by atoms with Crippen LogP contribution in [0.15, 0.2) is 67.0 Å². The fourth-order valence-corrected chi connectivity index (χ4v) is 2.78. The van der Waals surface area contributed by atoms with E-state index in [1.807, 2.05) is 0 Å². The molecule has 9 heteroatoms. The fraction of sp³-hybridized carbons (Fsp3) is 0. The Hall–Kier alpha value is -3.78. The summed E-state index contributed by atoms with van der Waals surface area (Å²) in [5.74, 6) is -0.681. The second kappa shape index (κ2) is 8.30. The van der Waals surface area contributed by atoms with E-state index < -0.39 is 17.7 Å². The van der Waals surface area contributed by atoms with Crippen molar-refractivity contribution in [3.63, 3.8) is 0 Å². The van der Waals surface area contributed by atoms with Crippen molar-refractivity contribution in [1.29, 1.82) is 0 Å². The van der Waals surface area contributed by atoms with Gasteiger partial charge in [-0.25, -0.2) is 13.6 Å². The highest BCUT2D eigenvalue weighted by atomic mass is 35.5. The summed E-state index contributed by atoms with van der Waals surface area (Å²) < 4.78 is 33.5. The first-order chi connectivity index (χ1) is 14.5. The minimum atomic E-state index is -0.739. The molecule has 0 unspecified atom stereocenters. The van der Waals surface area contributed by atoms with Crippen molar-refractivity contribution in [3.8, 4) is 11.5 Å². The third-order valence-electron chi connectivity index (χ3n) is 4.04. The molecule has 0 saturated heterocycles. The van der Waals surface area contributed by atoms with Crippen molar-refractivity contribution >= 4 is 40.0 Å². The number of anilines is 2. The minimum Gasteiger partial charge on any atom is -0.457 e. The first-order valence-electron chi connectivity index (χ1n) is 8.69. The summed E-state index contributed by atoms with van der Waals surface area (Å²) in [5.41, 5.74) is 1.46.